The molecule has 3 nitrogen and oxygen atoms in total. The van der Waals surface area contributed by atoms with Crippen molar-refractivity contribution in [2.24, 2.45) is 0 Å². The molecule has 1 aliphatic heterocycles. The summed E-state index contributed by atoms with van der Waals surface area (Å²) in [5.74, 6) is 0.699. The van der Waals surface area contributed by atoms with Gasteiger partial charge in [-0.2, -0.15) is 0 Å². The van der Waals surface area contributed by atoms with Crippen LogP contribution in [0.15, 0.2) is 22.8 Å². The molecule has 0 spiro atoms. The SMILES string of the molecule is Brc1cccc(OCC[C@H]2CCCCN2)n1. The number of ether oxygens (including phenoxy) is 1. The predicted octanol–water partition coefficient (Wildman–Crippen LogP) is 2.76. The van der Waals surface area contributed by atoms with E-state index in [9.17, 15) is 0 Å². The molecule has 1 aromatic heterocycles. The van der Waals surface area contributed by atoms with Crippen molar-refractivity contribution >= 4 is 15.9 Å². The summed E-state index contributed by atoms with van der Waals surface area (Å²) >= 11 is 3.33. The van der Waals surface area contributed by atoms with E-state index in [2.05, 4.69) is 26.2 Å². The van der Waals surface area contributed by atoms with Crippen molar-refractivity contribution in [3.63, 3.8) is 0 Å². The van der Waals surface area contributed by atoms with Crippen LogP contribution in [0.4, 0.5) is 0 Å². The van der Waals surface area contributed by atoms with Crippen LogP contribution in [-0.2, 0) is 0 Å². The van der Waals surface area contributed by atoms with Crippen LogP contribution in [0.3, 0.4) is 0 Å². The standard InChI is InChI=1S/C12H17BrN2O/c13-11-5-3-6-12(15-11)16-9-7-10-4-1-2-8-14-10/h3,5-6,10,14H,1-2,4,7-9H2/t10-/m1/s1. The highest BCUT2D eigenvalue weighted by Gasteiger charge is 2.12. The minimum atomic E-state index is 0.626. The highest BCUT2D eigenvalue weighted by molar-refractivity contribution is 9.10. The molecule has 0 saturated carbocycles. The van der Waals surface area contributed by atoms with Crippen LogP contribution in [0.1, 0.15) is 25.7 Å². The lowest BCUT2D eigenvalue weighted by atomic mass is 10.0. The van der Waals surface area contributed by atoms with Gasteiger partial charge in [-0.3, -0.25) is 0 Å². The van der Waals surface area contributed by atoms with E-state index in [0.717, 1.165) is 24.2 Å². The van der Waals surface area contributed by atoms with E-state index >= 15 is 0 Å². The van der Waals surface area contributed by atoms with Crippen molar-refractivity contribution in [1.29, 1.82) is 0 Å². The third-order valence-corrected chi connectivity index (χ3v) is 3.26. The lowest BCUT2D eigenvalue weighted by Crippen LogP contribution is -2.35. The molecule has 0 aliphatic carbocycles. The van der Waals surface area contributed by atoms with Gasteiger partial charge in [0.15, 0.2) is 0 Å². The fourth-order valence-electron chi connectivity index (χ4n) is 1.95. The van der Waals surface area contributed by atoms with Gasteiger partial charge in [0.25, 0.3) is 0 Å². The maximum atomic E-state index is 5.61. The molecule has 0 unspecified atom stereocenters. The lowest BCUT2D eigenvalue weighted by Gasteiger charge is -2.23. The number of halogens is 1. The molecule has 16 heavy (non-hydrogen) atoms. The molecular formula is C12H17BrN2O. The average Bonchev–Trinajstić information content (AvgIpc) is 2.30. The molecule has 0 amide bonds. The van der Waals surface area contributed by atoms with Gasteiger partial charge in [0.2, 0.25) is 5.88 Å². The number of piperidine rings is 1. The van der Waals surface area contributed by atoms with Gasteiger partial charge in [-0.15, -0.1) is 0 Å². The Kier molecular flexibility index (Phi) is 4.60. The summed E-state index contributed by atoms with van der Waals surface area (Å²) in [6.45, 7) is 1.89. The molecule has 0 aromatic carbocycles. The summed E-state index contributed by atoms with van der Waals surface area (Å²) in [6.07, 6.45) is 4.99. The van der Waals surface area contributed by atoms with E-state index in [0.29, 0.717) is 11.9 Å². The summed E-state index contributed by atoms with van der Waals surface area (Å²) in [5.41, 5.74) is 0. The topological polar surface area (TPSA) is 34.1 Å². The molecule has 1 saturated heterocycles. The first kappa shape index (κ1) is 11.9. The first-order valence-electron chi connectivity index (χ1n) is 5.83. The molecular weight excluding hydrogens is 268 g/mol. The van der Waals surface area contributed by atoms with Crippen LogP contribution in [0.25, 0.3) is 0 Å². The largest absolute Gasteiger partial charge is 0.478 e. The summed E-state index contributed by atoms with van der Waals surface area (Å²) in [4.78, 5) is 4.23. The third kappa shape index (κ3) is 3.76. The van der Waals surface area contributed by atoms with Crippen LogP contribution in [-0.4, -0.2) is 24.2 Å². The van der Waals surface area contributed by atoms with Gasteiger partial charge in [0.1, 0.15) is 4.60 Å². The molecule has 1 aromatic rings. The van der Waals surface area contributed by atoms with Gasteiger partial charge < -0.3 is 10.1 Å². The zero-order valence-corrected chi connectivity index (χ0v) is 10.9. The molecule has 1 fully saturated rings. The number of hydrogen-bond donors (Lipinski definition) is 1. The van der Waals surface area contributed by atoms with E-state index in [1.165, 1.54) is 19.3 Å². The van der Waals surface area contributed by atoms with Crippen molar-refractivity contribution in [1.82, 2.24) is 10.3 Å². The van der Waals surface area contributed by atoms with E-state index in [1.807, 2.05) is 18.2 Å². The molecule has 1 N–H and O–H groups in total. The van der Waals surface area contributed by atoms with Crippen LogP contribution in [0, 0.1) is 0 Å². The quantitative estimate of drug-likeness (QED) is 0.864. The number of aromatic nitrogens is 1. The third-order valence-electron chi connectivity index (χ3n) is 2.82. The van der Waals surface area contributed by atoms with E-state index in [-0.39, 0.29) is 0 Å². The minimum absolute atomic E-state index is 0.626. The van der Waals surface area contributed by atoms with Crippen molar-refractivity contribution in [3.05, 3.63) is 22.8 Å². The smallest absolute Gasteiger partial charge is 0.214 e. The fraction of sp³-hybridized carbons (Fsp3) is 0.583. The summed E-state index contributed by atoms with van der Waals surface area (Å²) in [6, 6.07) is 6.35. The van der Waals surface area contributed by atoms with Crippen LogP contribution >= 0.6 is 15.9 Å². The second-order valence-corrected chi connectivity index (χ2v) is 4.89. The monoisotopic (exact) mass is 284 g/mol. The highest BCUT2D eigenvalue weighted by Crippen LogP contribution is 2.14. The molecule has 1 aliphatic rings. The Balaban J connectivity index is 1.71. The molecule has 1 atom stereocenters. The second-order valence-electron chi connectivity index (χ2n) is 4.08. The molecule has 4 heteroatoms. The maximum Gasteiger partial charge on any atom is 0.214 e. The van der Waals surface area contributed by atoms with Crippen molar-refractivity contribution in [2.75, 3.05) is 13.2 Å². The Morgan fingerprint density at radius 3 is 3.12 bits per heavy atom. The molecule has 0 radical (unpaired) electrons. The van der Waals surface area contributed by atoms with Gasteiger partial charge in [-0.25, -0.2) is 4.98 Å². The van der Waals surface area contributed by atoms with E-state index in [4.69, 9.17) is 4.74 Å². The van der Waals surface area contributed by atoms with Gasteiger partial charge in [0, 0.05) is 12.1 Å². The molecule has 0 bridgehead atoms. The second kappa shape index (κ2) is 6.21. The van der Waals surface area contributed by atoms with Crippen molar-refractivity contribution < 1.29 is 4.74 Å². The van der Waals surface area contributed by atoms with E-state index in [1.54, 1.807) is 0 Å². The highest BCUT2D eigenvalue weighted by atomic mass is 79.9. The molecule has 88 valence electrons. The van der Waals surface area contributed by atoms with Gasteiger partial charge in [-0.05, 0) is 47.8 Å². The van der Waals surface area contributed by atoms with Gasteiger partial charge >= 0.3 is 0 Å². The first-order chi connectivity index (χ1) is 7.84. The molecule has 2 heterocycles. The summed E-state index contributed by atoms with van der Waals surface area (Å²) in [7, 11) is 0. The minimum Gasteiger partial charge on any atom is -0.478 e. The van der Waals surface area contributed by atoms with Crippen molar-refractivity contribution in [3.8, 4) is 5.88 Å². The summed E-state index contributed by atoms with van der Waals surface area (Å²) in [5, 5.41) is 3.51. The first-order valence-corrected chi connectivity index (χ1v) is 6.62. The number of nitrogens with zero attached hydrogens (tertiary/aromatic N) is 1. The predicted molar refractivity (Wildman–Crippen MR) is 67.7 cm³/mol. The van der Waals surface area contributed by atoms with Gasteiger partial charge in [0.05, 0.1) is 6.61 Å². The Bertz CT molecular complexity index is 327. The zero-order valence-electron chi connectivity index (χ0n) is 9.29. The van der Waals surface area contributed by atoms with Crippen molar-refractivity contribution in [2.45, 2.75) is 31.7 Å². The number of rotatable bonds is 4. The van der Waals surface area contributed by atoms with Crippen LogP contribution in [0.5, 0.6) is 5.88 Å². The number of pyridine rings is 1. The van der Waals surface area contributed by atoms with E-state index < -0.39 is 0 Å². The Morgan fingerprint density at radius 1 is 1.44 bits per heavy atom. The Hall–Kier alpha value is -0.610. The Morgan fingerprint density at radius 2 is 2.38 bits per heavy atom. The fourth-order valence-corrected chi connectivity index (χ4v) is 2.27. The number of nitrogens with one attached hydrogen (secondary N) is 1. The van der Waals surface area contributed by atoms with Gasteiger partial charge in [-0.1, -0.05) is 12.5 Å². The lowest BCUT2D eigenvalue weighted by molar-refractivity contribution is 0.260. The van der Waals surface area contributed by atoms with Crippen LogP contribution < -0.4 is 10.1 Å². The zero-order chi connectivity index (χ0) is 11.2. The maximum absolute atomic E-state index is 5.61. The van der Waals surface area contributed by atoms with Crippen LogP contribution in [0.2, 0.25) is 0 Å². The number of hydrogen-bond acceptors (Lipinski definition) is 3. The average molecular weight is 285 g/mol. The Labute approximate surface area is 105 Å². The molecule has 2 rings (SSSR count). The summed E-state index contributed by atoms with van der Waals surface area (Å²) < 4.78 is 6.43. The normalized spacial score (nSPS) is 20.7.